The first kappa shape index (κ1) is 28.3. The van der Waals surface area contributed by atoms with Crippen LogP contribution in [0.25, 0.3) is 11.5 Å². The molecule has 2 aromatic heterocycles. The number of anilines is 2. The Bertz CT molecular complexity index is 1580. The molecule has 0 saturated carbocycles. The molecule has 4 rings (SSSR count). The Morgan fingerprint density at radius 1 is 1.23 bits per heavy atom. The summed E-state index contributed by atoms with van der Waals surface area (Å²) in [6.45, 7) is 0.906. The van der Waals surface area contributed by atoms with Gasteiger partial charge in [0.05, 0.1) is 36.0 Å². The molecule has 8 nitrogen and oxygen atoms in total. The number of nitrogens with one attached hydrogen (secondary N) is 2. The fourth-order valence-corrected chi connectivity index (χ4v) is 4.94. The lowest BCUT2D eigenvalue weighted by Gasteiger charge is -2.33. The lowest BCUT2D eigenvalue weighted by molar-refractivity contribution is 0.149. The number of benzene rings is 1. The number of sulfone groups is 1. The summed E-state index contributed by atoms with van der Waals surface area (Å²) >= 11 is 0. The molecule has 3 aromatic rings. The number of piperidine rings is 1. The quantitative estimate of drug-likeness (QED) is 0.328. The van der Waals surface area contributed by atoms with Gasteiger partial charge in [0.15, 0.2) is 15.5 Å². The summed E-state index contributed by atoms with van der Waals surface area (Å²) in [6, 6.07) is 6.89. The van der Waals surface area contributed by atoms with Gasteiger partial charge in [0.25, 0.3) is 0 Å². The standard InChI is InChI=1S/C26H27F4N5O3S/c1-34-13-10-18(17(27)15-34)32-21-7-5-12-35-24(23(28)25(29)30)20(33-26(21)35)6-4-11-31-19-9-8-16(39(3,36)37)14-22(19)38-2/h5,7-9,12,14,17-18,31-32H,10-11,13,15H2,1-3H3/t17-,18+/m0/s1. The van der Waals surface area contributed by atoms with Gasteiger partial charge in [-0.1, -0.05) is 5.92 Å². The first-order chi connectivity index (χ1) is 18.5. The van der Waals surface area contributed by atoms with Gasteiger partial charge in [0.2, 0.25) is 5.83 Å². The van der Waals surface area contributed by atoms with Crippen molar-refractivity contribution in [2.45, 2.75) is 23.5 Å². The highest BCUT2D eigenvalue weighted by atomic mass is 32.2. The Morgan fingerprint density at radius 3 is 2.67 bits per heavy atom. The van der Waals surface area contributed by atoms with Gasteiger partial charge in [-0.05, 0) is 43.7 Å². The maximum atomic E-state index is 14.6. The second-order valence-corrected chi connectivity index (χ2v) is 11.1. The summed E-state index contributed by atoms with van der Waals surface area (Å²) in [5.41, 5.74) is 0.197. The number of pyridine rings is 1. The number of likely N-dealkylation sites (tertiary alicyclic amines) is 1. The number of imidazole rings is 1. The second kappa shape index (κ2) is 11.5. The summed E-state index contributed by atoms with van der Waals surface area (Å²) in [6.07, 6.45) is -0.707. The topological polar surface area (TPSA) is 88.0 Å². The molecule has 1 aromatic carbocycles. The van der Waals surface area contributed by atoms with Crippen molar-refractivity contribution < 1.29 is 30.7 Å². The minimum atomic E-state index is -3.44. The number of methoxy groups -OCH3 is 1. The SMILES string of the molecule is COc1cc(S(C)(=O)=O)ccc1NCC#Cc1nc2c(N[C@@H]3CCN(C)C[C@@H]3F)cccn2c1C(F)=C(F)F. The van der Waals surface area contributed by atoms with Crippen LogP contribution in [0.5, 0.6) is 5.75 Å². The summed E-state index contributed by atoms with van der Waals surface area (Å²) < 4.78 is 85.9. The first-order valence-corrected chi connectivity index (χ1v) is 13.8. The highest BCUT2D eigenvalue weighted by Gasteiger charge is 2.29. The van der Waals surface area contributed by atoms with E-state index >= 15 is 0 Å². The number of hydrogen-bond acceptors (Lipinski definition) is 7. The fourth-order valence-electron chi connectivity index (χ4n) is 4.30. The number of alkyl halides is 1. The number of nitrogens with zero attached hydrogens (tertiary/aromatic N) is 3. The van der Waals surface area contributed by atoms with Gasteiger partial charge >= 0.3 is 6.08 Å². The zero-order valence-electron chi connectivity index (χ0n) is 21.4. The lowest BCUT2D eigenvalue weighted by Crippen LogP contribution is -2.46. The average Bonchev–Trinajstić information content (AvgIpc) is 3.26. The number of fused-ring (bicyclic) bond motifs is 1. The van der Waals surface area contributed by atoms with Crippen LogP contribution in [0.4, 0.5) is 28.9 Å². The summed E-state index contributed by atoms with van der Waals surface area (Å²) in [5, 5.41) is 6.04. The Kier molecular flexibility index (Phi) is 8.36. The molecule has 1 aliphatic heterocycles. The predicted octanol–water partition coefficient (Wildman–Crippen LogP) is 4.20. The highest BCUT2D eigenvalue weighted by molar-refractivity contribution is 7.90. The van der Waals surface area contributed by atoms with Crippen molar-refractivity contribution in [3.05, 3.63) is 54.0 Å². The normalized spacial score (nSPS) is 17.8. The molecular formula is C26H27F4N5O3S. The van der Waals surface area contributed by atoms with Gasteiger partial charge in [-0.25, -0.2) is 17.8 Å². The fraction of sp³-hybridized carbons (Fsp3) is 0.346. The molecule has 2 N–H and O–H groups in total. The zero-order valence-corrected chi connectivity index (χ0v) is 22.3. The maximum Gasteiger partial charge on any atom is 0.308 e. The molecule has 1 fully saturated rings. The third-order valence-electron chi connectivity index (χ3n) is 6.28. The number of halogens is 4. The molecule has 3 heterocycles. The number of ether oxygens (including phenoxy) is 1. The van der Waals surface area contributed by atoms with Gasteiger partial charge in [-0.3, -0.25) is 4.40 Å². The van der Waals surface area contributed by atoms with Gasteiger partial charge in [-0.2, -0.15) is 13.2 Å². The number of aromatic nitrogens is 2. The first-order valence-electron chi connectivity index (χ1n) is 11.9. The molecule has 1 aliphatic rings. The zero-order chi connectivity index (χ0) is 28.3. The summed E-state index contributed by atoms with van der Waals surface area (Å²) in [5.74, 6) is 3.85. The number of hydrogen-bond donors (Lipinski definition) is 2. The smallest absolute Gasteiger partial charge is 0.308 e. The minimum absolute atomic E-state index is 0.0183. The highest BCUT2D eigenvalue weighted by Crippen LogP contribution is 2.30. The van der Waals surface area contributed by atoms with Crippen LogP contribution in [0.15, 0.2) is 47.5 Å². The van der Waals surface area contributed by atoms with E-state index in [1.807, 2.05) is 11.9 Å². The van der Waals surface area contributed by atoms with Crippen LogP contribution in [0.1, 0.15) is 17.8 Å². The molecule has 39 heavy (non-hydrogen) atoms. The molecule has 0 aliphatic carbocycles. The van der Waals surface area contributed by atoms with Crippen LogP contribution in [-0.4, -0.2) is 75.0 Å². The van der Waals surface area contributed by atoms with E-state index in [4.69, 9.17) is 4.74 Å². The predicted molar refractivity (Wildman–Crippen MR) is 141 cm³/mol. The van der Waals surface area contributed by atoms with E-state index in [1.54, 1.807) is 6.07 Å². The van der Waals surface area contributed by atoms with Gasteiger partial charge in [-0.15, -0.1) is 0 Å². The van der Waals surface area contributed by atoms with Crippen molar-refractivity contribution >= 4 is 32.7 Å². The van der Waals surface area contributed by atoms with Crippen molar-refractivity contribution in [1.29, 1.82) is 0 Å². The van der Waals surface area contributed by atoms with E-state index in [-0.39, 0.29) is 35.1 Å². The summed E-state index contributed by atoms with van der Waals surface area (Å²) in [4.78, 5) is 6.25. The molecule has 0 bridgehead atoms. The largest absolute Gasteiger partial charge is 0.495 e. The van der Waals surface area contributed by atoms with Crippen LogP contribution in [0.3, 0.4) is 0 Å². The van der Waals surface area contributed by atoms with E-state index in [9.17, 15) is 26.0 Å². The van der Waals surface area contributed by atoms with Crippen LogP contribution in [-0.2, 0) is 9.84 Å². The van der Waals surface area contributed by atoms with Gasteiger partial charge in [0, 0.05) is 31.6 Å². The Balaban J connectivity index is 1.64. The average molecular weight is 566 g/mol. The molecule has 0 amide bonds. The molecule has 0 unspecified atom stereocenters. The monoisotopic (exact) mass is 565 g/mol. The van der Waals surface area contributed by atoms with E-state index in [0.717, 1.165) is 10.7 Å². The second-order valence-electron chi connectivity index (χ2n) is 9.11. The molecule has 0 radical (unpaired) electrons. The van der Waals surface area contributed by atoms with Gasteiger partial charge < -0.3 is 20.3 Å². The minimum Gasteiger partial charge on any atom is -0.495 e. The van der Waals surface area contributed by atoms with Crippen LogP contribution >= 0.6 is 0 Å². The van der Waals surface area contributed by atoms with Crippen molar-refractivity contribution in [3.8, 4) is 17.6 Å². The van der Waals surface area contributed by atoms with Crippen molar-refractivity contribution in [2.75, 3.05) is 50.7 Å². The van der Waals surface area contributed by atoms with Crippen LogP contribution in [0.2, 0.25) is 0 Å². The van der Waals surface area contributed by atoms with Crippen LogP contribution < -0.4 is 15.4 Å². The summed E-state index contributed by atoms with van der Waals surface area (Å²) in [7, 11) is -0.236. The van der Waals surface area contributed by atoms with Crippen molar-refractivity contribution in [2.24, 2.45) is 0 Å². The van der Waals surface area contributed by atoms with Crippen molar-refractivity contribution in [1.82, 2.24) is 14.3 Å². The maximum absolute atomic E-state index is 14.6. The molecule has 1 saturated heterocycles. The molecule has 13 heteroatoms. The van der Waals surface area contributed by atoms with E-state index in [2.05, 4.69) is 27.5 Å². The Hall–Kier alpha value is -3.76. The molecular weight excluding hydrogens is 538 g/mol. The van der Waals surface area contributed by atoms with E-state index in [1.165, 1.54) is 37.6 Å². The van der Waals surface area contributed by atoms with E-state index < -0.39 is 39.7 Å². The third-order valence-corrected chi connectivity index (χ3v) is 7.39. The Labute approximate surface area is 223 Å². The lowest BCUT2D eigenvalue weighted by atomic mass is 10.0. The molecule has 2 atom stereocenters. The molecule has 208 valence electrons. The van der Waals surface area contributed by atoms with Gasteiger partial charge in [0.1, 0.15) is 23.3 Å². The Morgan fingerprint density at radius 2 is 2.00 bits per heavy atom. The third kappa shape index (κ3) is 6.29. The van der Waals surface area contributed by atoms with Crippen molar-refractivity contribution in [3.63, 3.8) is 0 Å². The molecule has 0 spiro atoms. The van der Waals surface area contributed by atoms with Crippen LogP contribution in [0, 0.1) is 11.8 Å². The number of rotatable bonds is 7. The van der Waals surface area contributed by atoms with E-state index in [0.29, 0.717) is 24.3 Å².